The van der Waals surface area contributed by atoms with Crippen molar-refractivity contribution in [3.8, 4) is 0 Å². The Kier molecular flexibility index (Phi) is 5.12. The largest absolute Gasteiger partial charge is 0.371 e. The van der Waals surface area contributed by atoms with Crippen molar-refractivity contribution in [1.29, 1.82) is 0 Å². The van der Waals surface area contributed by atoms with Gasteiger partial charge in [-0.1, -0.05) is 24.9 Å². The molecule has 0 aromatic heterocycles. The fourth-order valence-electron chi connectivity index (χ4n) is 2.99. The summed E-state index contributed by atoms with van der Waals surface area (Å²) in [6, 6.07) is 6.41. The average Bonchev–Trinajstić information content (AvgIpc) is 2.38. The second-order valence-electron chi connectivity index (χ2n) is 5.82. The van der Waals surface area contributed by atoms with Gasteiger partial charge in [0.05, 0.1) is 0 Å². The van der Waals surface area contributed by atoms with Crippen LogP contribution >= 0.6 is 11.6 Å². The molecule has 1 aromatic rings. The number of hydrogen-bond acceptors (Lipinski definition) is 2. The van der Waals surface area contributed by atoms with E-state index in [-0.39, 0.29) is 6.04 Å². The van der Waals surface area contributed by atoms with Crippen LogP contribution in [0.15, 0.2) is 18.2 Å². The summed E-state index contributed by atoms with van der Waals surface area (Å²) in [7, 11) is 0. The molecule has 0 saturated carbocycles. The summed E-state index contributed by atoms with van der Waals surface area (Å²) in [6.45, 7) is 6.67. The molecule has 3 heteroatoms. The van der Waals surface area contributed by atoms with Crippen molar-refractivity contribution in [2.75, 3.05) is 18.0 Å². The van der Waals surface area contributed by atoms with Crippen molar-refractivity contribution in [3.63, 3.8) is 0 Å². The predicted octanol–water partition coefficient (Wildman–Crippen LogP) is 3.86. The van der Waals surface area contributed by atoms with Gasteiger partial charge < -0.3 is 10.6 Å². The van der Waals surface area contributed by atoms with Crippen molar-refractivity contribution in [1.82, 2.24) is 0 Å². The lowest BCUT2D eigenvalue weighted by Gasteiger charge is -2.35. The van der Waals surface area contributed by atoms with Gasteiger partial charge in [-0.15, -0.1) is 0 Å². The molecule has 0 aliphatic carbocycles. The van der Waals surface area contributed by atoms with Gasteiger partial charge >= 0.3 is 0 Å². The van der Waals surface area contributed by atoms with Crippen LogP contribution in [0.25, 0.3) is 0 Å². The maximum Gasteiger partial charge on any atom is 0.0410 e. The molecule has 1 fully saturated rings. The van der Waals surface area contributed by atoms with E-state index >= 15 is 0 Å². The van der Waals surface area contributed by atoms with Gasteiger partial charge in [-0.05, 0) is 55.9 Å². The van der Waals surface area contributed by atoms with Crippen LogP contribution in [0.3, 0.4) is 0 Å². The van der Waals surface area contributed by atoms with E-state index < -0.39 is 0 Å². The Morgan fingerprint density at radius 2 is 2.26 bits per heavy atom. The van der Waals surface area contributed by atoms with Gasteiger partial charge in [0.15, 0.2) is 0 Å². The quantitative estimate of drug-likeness (QED) is 0.907. The Hall–Kier alpha value is -0.730. The molecule has 1 heterocycles. The summed E-state index contributed by atoms with van der Waals surface area (Å²) >= 11 is 6.14. The van der Waals surface area contributed by atoms with Crippen LogP contribution in [0.1, 0.15) is 38.7 Å². The fraction of sp³-hybridized carbons (Fsp3) is 0.625. The summed E-state index contributed by atoms with van der Waals surface area (Å²) in [6.07, 6.45) is 4.82. The smallest absolute Gasteiger partial charge is 0.0410 e. The molecule has 106 valence electrons. The first-order valence-electron chi connectivity index (χ1n) is 7.39. The van der Waals surface area contributed by atoms with Crippen LogP contribution in [0.2, 0.25) is 5.02 Å². The van der Waals surface area contributed by atoms with E-state index in [1.165, 1.54) is 37.1 Å². The van der Waals surface area contributed by atoms with E-state index in [0.29, 0.717) is 0 Å². The highest BCUT2D eigenvalue weighted by molar-refractivity contribution is 6.30. The van der Waals surface area contributed by atoms with E-state index in [1.807, 2.05) is 6.07 Å². The zero-order valence-electron chi connectivity index (χ0n) is 12.0. The third kappa shape index (κ3) is 3.87. The lowest BCUT2D eigenvalue weighted by atomic mass is 9.94. The second kappa shape index (κ2) is 6.62. The molecule has 0 bridgehead atoms. The highest BCUT2D eigenvalue weighted by Gasteiger charge is 2.20. The lowest BCUT2D eigenvalue weighted by Crippen LogP contribution is -2.36. The third-order valence-corrected chi connectivity index (χ3v) is 4.26. The van der Waals surface area contributed by atoms with Gasteiger partial charge in [-0.25, -0.2) is 0 Å². The molecule has 0 spiro atoms. The molecule has 1 saturated heterocycles. The molecule has 2 rings (SSSR count). The summed E-state index contributed by atoms with van der Waals surface area (Å²) in [5.41, 5.74) is 8.59. The van der Waals surface area contributed by atoms with Gasteiger partial charge in [0.2, 0.25) is 0 Å². The molecule has 2 atom stereocenters. The number of hydrogen-bond donors (Lipinski definition) is 1. The minimum absolute atomic E-state index is 0.170. The molecule has 2 N–H and O–H groups in total. The second-order valence-corrected chi connectivity index (χ2v) is 6.25. The van der Waals surface area contributed by atoms with Crippen LogP contribution in [0, 0.1) is 5.92 Å². The van der Waals surface area contributed by atoms with Crippen molar-refractivity contribution in [3.05, 3.63) is 28.8 Å². The van der Waals surface area contributed by atoms with Gasteiger partial charge in [-0.2, -0.15) is 0 Å². The molecule has 1 aliphatic heterocycles. The lowest BCUT2D eigenvalue weighted by molar-refractivity contribution is 0.404. The summed E-state index contributed by atoms with van der Waals surface area (Å²) in [5, 5.41) is 0.809. The minimum atomic E-state index is 0.170. The van der Waals surface area contributed by atoms with Crippen molar-refractivity contribution >= 4 is 17.3 Å². The van der Waals surface area contributed by atoms with Crippen LogP contribution in [-0.2, 0) is 6.42 Å². The van der Waals surface area contributed by atoms with Gasteiger partial charge in [0.1, 0.15) is 0 Å². The Bertz CT molecular complexity index is 417. The molecule has 2 unspecified atom stereocenters. The van der Waals surface area contributed by atoms with E-state index in [4.69, 9.17) is 17.3 Å². The Morgan fingerprint density at radius 3 is 2.95 bits per heavy atom. The van der Waals surface area contributed by atoms with Crippen LogP contribution in [0.5, 0.6) is 0 Å². The van der Waals surface area contributed by atoms with Gasteiger partial charge in [0.25, 0.3) is 0 Å². The predicted molar refractivity (Wildman–Crippen MR) is 84.0 cm³/mol. The first-order chi connectivity index (χ1) is 9.10. The first-order valence-corrected chi connectivity index (χ1v) is 7.77. The number of anilines is 1. The highest BCUT2D eigenvalue weighted by atomic mass is 35.5. The maximum atomic E-state index is 6.14. The molecular formula is C16H25ClN2. The maximum absolute atomic E-state index is 6.14. The van der Waals surface area contributed by atoms with E-state index in [9.17, 15) is 0 Å². The zero-order chi connectivity index (χ0) is 13.8. The molecule has 0 amide bonds. The van der Waals surface area contributed by atoms with E-state index in [1.54, 1.807) is 0 Å². The minimum Gasteiger partial charge on any atom is -0.371 e. The Labute approximate surface area is 121 Å². The molecule has 19 heavy (non-hydrogen) atoms. The summed E-state index contributed by atoms with van der Waals surface area (Å²) in [5.74, 6) is 0.826. The SMILES string of the molecule is CCC1CCCN(c2ccc(Cl)cc2CC(C)N)C1. The first kappa shape index (κ1) is 14.7. The van der Waals surface area contributed by atoms with Crippen LogP contribution in [0.4, 0.5) is 5.69 Å². The molecule has 1 aromatic carbocycles. The number of halogens is 1. The van der Waals surface area contributed by atoms with Gasteiger partial charge in [-0.3, -0.25) is 0 Å². The number of nitrogens with two attached hydrogens (primary N) is 1. The number of benzene rings is 1. The summed E-state index contributed by atoms with van der Waals surface area (Å²) in [4.78, 5) is 2.52. The van der Waals surface area contributed by atoms with Crippen molar-refractivity contribution < 1.29 is 0 Å². The molecule has 2 nitrogen and oxygen atoms in total. The normalized spacial score (nSPS) is 21.5. The summed E-state index contributed by atoms with van der Waals surface area (Å²) < 4.78 is 0. The highest BCUT2D eigenvalue weighted by Crippen LogP contribution is 2.30. The van der Waals surface area contributed by atoms with E-state index in [0.717, 1.165) is 23.9 Å². The zero-order valence-corrected chi connectivity index (χ0v) is 12.8. The number of rotatable bonds is 4. The Morgan fingerprint density at radius 1 is 1.47 bits per heavy atom. The average molecular weight is 281 g/mol. The topological polar surface area (TPSA) is 29.3 Å². The van der Waals surface area contributed by atoms with Crippen molar-refractivity contribution in [2.24, 2.45) is 11.7 Å². The third-order valence-electron chi connectivity index (χ3n) is 4.02. The number of nitrogens with zero attached hydrogens (tertiary/aromatic N) is 1. The standard InChI is InChI=1S/C16H25ClN2/c1-3-13-5-4-8-19(11-13)16-7-6-15(17)10-14(16)9-12(2)18/h6-7,10,12-13H,3-5,8-9,11,18H2,1-2H3. The fourth-order valence-corrected chi connectivity index (χ4v) is 3.18. The molecular weight excluding hydrogens is 256 g/mol. The van der Waals surface area contributed by atoms with Gasteiger partial charge in [0, 0.05) is 29.8 Å². The van der Waals surface area contributed by atoms with Crippen LogP contribution in [-0.4, -0.2) is 19.1 Å². The molecule has 0 radical (unpaired) electrons. The number of piperidine rings is 1. The molecule has 1 aliphatic rings. The Balaban J connectivity index is 2.22. The monoisotopic (exact) mass is 280 g/mol. The van der Waals surface area contributed by atoms with Crippen molar-refractivity contribution in [2.45, 2.75) is 45.6 Å². The van der Waals surface area contributed by atoms with Crippen LogP contribution < -0.4 is 10.6 Å². The van der Waals surface area contributed by atoms with E-state index in [2.05, 4.69) is 30.9 Å².